The maximum Gasteiger partial charge on any atom is 0.119 e. The lowest BCUT2D eigenvalue weighted by molar-refractivity contribution is 0.414. The van der Waals surface area contributed by atoms with E-state index in [1.165, 1.54) is 21.5 Å². The van der Waals surface area contributed by atoms with Crippen molar-refractivity contribution in [3.8, 4) is 5.75 Å². The Morgan fingerprint density at radius 1 is 0.586 bits per heavy atom. The topological polar surface area (TPSA) is 9.23 Å². The second kappa shape index (κ2) is 9.87. The van der Waals surface area contributed by atoms with Gasteiger partial charge in [0.2, 0.25) is 0 Å². The summed E-state index contributed by atoms with van der Waals surface area (Å²) in [6.45, 7) is 0. The van der Waals surface area contributed by atoms with Crippen molar-refractivity contribution in [1.82, 2.24) is 0 Å². The van der Waals surface area contributed by atoms with Crippen molar-refractivity contribution in [3.63, 3.8) is 0 Å². The van der Waals surface area contributed by atoms with Crippen LogP contribution in [0, 0.1) is 0 Å². The van der Waals surface area contributed by atoms with E-state index >= 15 is 0 Å². The number of hydrogen-bond acceptors (Lipinski definition) is 1. The zero-order valence-electron chi connectivity index (χ0n) is 16.4. The standard InChI is InChI=1S/C26H24OP.BrH/c1-27-23-13-11-12-22(20-23)21-28(24-14-5-2-6-15-24,25-16-7-3-8-17-25)26-18-9-4-10-19-26;/h2-20H,21H2,1H3;1H/q+1;. The van der Waals surface area contributed by atoms with E-state index in [0.717, 1.165) is 11.9 Å². The Hall–Kier alpha value is -2.41. The second-order valence-corrected chi connectivity index (χ2v) is 10.3. The van der Waals surface area contributed by atoms with Crippen molar-refractivity contribution in [2.75, 3.05) is 7.11 Å². The van der Waals surface area contributed by atoms with E-state index in [0.29, 0.717) is 0 Å². The summed E-state index contributed by atoms with van der Waals surface area (Å²) in [5.74, 6) is 0.907. The summed E-state index contributed by atoms with van der Waals surface area (Å²) in [6, 6.07) is 41.4. The molecule has 0 unspecified atom stereocenters. The summed E-state index contributed by atoms with van der Waals surface area (Å²) >= 11 is 0. The zero-order chi connectivity index (χ0) is 19.2. The van der Waals surface area contributed by atoms with Crippen LogP contribution in [0.15, 0.2) is 115 Å². The summed E-state index contributed by atoms with van der Waals surface area (Å²) in [7, 11) is -0.132. The van der Waals surface area contributed by atoms with Crippen LogP contribution in [-0.4, -0.2) is 7.11 Å². The molecule has 146 valence electrons. The fourth-order valence-electron chi connectivity index (χ4n) is 3.81. The Balaban J connectivity index is 0.00000240. The number of halogens is 1. The summed E-state index contributed by atoms with van der Waals surface area (Å²) < 4.78 is 5.50. The number of methoxy groups -OCH3 is 1. The minimum absolute atomic E-state index is 0. The zero-order valence-corrected chi connectivity index (χ0v) is 19.0. The lowest BCUT2D eigenvalue weighted by Gasteiger charge is -2.28. The number of rotatable bonds is 6. The molecule has 1 nitrogen and oxygen atoms in total. The molecule has 0 heterocycles. The van der Waals surface area contributed by atoms with Gasteiger partial charge in [-0.05, 0) is 54.1 Å². The molecular formula is C26H25BrOP+. The van der Waals surface area contributed by atoms with Gasteiger partial charge in [0.05, 0.1) is 13.3 Å². The third kappa shape index (κ3) is 4.45. The van der Waals surface area contributed by atoms with Gasteiger partial charge in [0.15, 0.2) is 0 Å². The molecule has 0 radical (unpaired) electrons. The molecule has 4 aromatic carbocycles. The van der Waals surface area contributed by atoms with Crippen LogP contribution in [0.4, 0.5) is 0 Å². The van der Waals surface area contributed by atoms with Gasteiger partial charge >= 0.3 is 0 Å². The van der Waals surface area contributed by atoms with E-state index in [-0.39, 0.29) is 17.0 Å². The van der Waals surface area contributed by atoms with E-state index in [2.05, 4.69) is 109 Å². The van der Waals surface area contributed by atoms with Gasteiger partial charge in [-0.1, -0.05) is 66.7 Å². The van der Waals surface area contributed by atoms with Gasteiger partial charge in [0, 0.05) is 0 Å². The molecule has 0 fully saturated rings. The highest BCUT2D eigenvalue weighted by molar-refractivity contribution is 8.93. The van der Waals surface area contributed by atoms with Crippen LogP contribution < -0.4 is 20.7 Å². The largest absolute Gasteiger partial charge is 0.497 e. The molecule has 0 aliphatic heterocycles. The Morgan fingerprint density at radius 2 is 1.03 bits per heavy atom. The van der Waals surface area contributed by atoms with E-state index in [1.807, 2.05) is 6.07 Å². The van der Waals surface area contributed by atoms with Crippen LogP contribution in [0.25, 0.3) is 0 Å². The highest BCUT2D eigenvalue weighted by atomic mass is 79.9. The lowest BCUT2D eigenvalue weighted by atomic mass is 10.2. The van der Waals surface area contributed by atoms with Crippen molar-refractivity contribution in [2.45, 2.75) is 6.16 Å². The predicted octanol–water partition coefficient (Wildman–Crippen LogP) is 5.77. The molecular weight excluding hydrogens is 439 g/mol. The van der Waals surface area contributed by atoms with E-state index in [1.54, 1.807) is 7.11 Å². The Bertz CT molecular complexity index is 923. The summed E-state index contributed by atoms with van der Waals surface area (Å²) in [5, 5.41) is 4.20. The lowest BCUT2D eigenvalue weighted by Crippen LogP contribution is -2.32. The normalized spacial score (nSPS) is 10.8. The first-order valence-electron chi connectivity index (χ1n) is 9.51. The highest BCUT2D eigenvalue weighted by Gasteiger charge is 2.45. The molecule has 29 heavy (non-hydrogen) atoms. The number of benzene rings is 4. The molecule has 0 saturated carbocycles. The quantitative estimate of drug-likeness (QED) is 0.330. The average molecular weight is 464 g/mol. The number of ether oxygens (including phenoxy) is 1. The van der Waals surface area contributed by atoms with Crippen LogP contribution in [0.3, 0.4) is 0 Å². The number of hydrogen-bond donors (Lipinski definition) is 0. The van der Waals surface area contributed by atoms with Crippen LogP contribution in [-0.2, 0) is 6.16 Å². The minimum atomic E-state index is -1.86. The molecule has 0 N–H and O–H groups in total. The molecule has 0 atom stereocenters. The van der Waals surface area contributed by atoms with Gasteiger partial charge in [0.25, 0.3) is 0 Å². The van der Waals surface area contributed by atoms with E-state index < -0.39 is 7.26 Å². The molecule has 0 aliphatic rings. The SMILES string of the molecule is Br.COc1cccc(C[P+](c2ccccc2)(c2ccccc2)c2ccccc2)c1. The molecule has 0 aliphatic carbocycles. The molecule has 3 heteroatoms. The average Bonchev–Trinajstić information content (AvgIpc) is 2.79. The first-order valence-corrected chi connectivity index (χ1v) is 11.5. The van der Waals surface area contributed by atoms with Crippen molar-refractivity contribution < 1.29 is 4.74 Å². The van der Waals surface area contributed by atoms with Crippen molar-refractivity contribution in [3.05, 3.63) is 121 Å². The second-order valence-electron chi connectivity index (χ2n) is 6.83. The first kappa shape index (κ1) is 21.3. The Kier molecular flexibility index (Phi) is 7.25. The monoisotopic (exact) mass is 463 g/mol. The third-order valence-electron chi connectivity index (χ3n) is 5.14. The van der Waals surface area contributed by atoms with Gasteiger partial charge in [-0.15, -0.1) is 17.0 Å². The first-order chi connectivity index (χ1) is 13.8. The van der Waals surface area contributed by atoms with Gasteiger partial charge in [0.1, 0.15) is 28.9 Å². The summed E-state index contributed by atoms with van der Waals surface area (Å²) in [4.78, 5) is 0. The molecule has 4 rings (SSSR count). The molecule has 4 aromatic rings. The molecule has 0 amide bonds. The van der Waals surface area contributed by atoms with E-state index in [4.69, 9.17) is 4.74 Å². The summed E-state index contributed by atoms with van der Waals surface area (Å²) in [5.41, 5.74) is 1.30. The predicted molar refractivity (Wildman–Crippen MR) is 132 cm³/mol. The molecule has 0 spiro atoms. The molecule has 0 bridgehead atoms. The van der Waals surface area contributed by atoms with Crippen molar-refractivity contribution in [1.29, 1.82) is 0 Å². The Morgan fingerprint density at radius 3 is 1.45 bits per heavy atom. The van der Waals surface area contributed by atoms with Crippen LogP contribution >= 0.6 is 24.2 Å². The van der Waals surface area contributed by atoms with E-state index in [9.17, 15) is 0 Å². The maximum atomic E-state index is 5.50. The van der Waals surface area contributed by atoms with Gasteiger partial charge in [-0.2, -0.15) is 0 Å². The summed E-state index contributed by atoms with van der Waals surface area (Å²) in [6.07, 6.45) is 0.961. The fraction of sp³-hybridized carbons (Fsp3) is 0.0769. The Labute approximate surface area is 184 Å². The van der Waals surface area contributed by atoms with Crippen LogP contribution in [0.1, 0.15) is 5.56 Å². The highest BCUT2D eigenvalue weighted by Crippen LogP contribution is 2.58. The smallest absolute Gasteiger partial charge is 0.119 e. The van der Waals surface area contributed by atoms with Crippen molar-refractivity contribution in [2.24, 2.45) is 0 Å². The fourth-order valence-corrected chi connectivity index (χ4v) is 8.04. The van der Waals surface area contributed by atoms with Crippen LogP contribution in [0.2, 0.25) is 0 Å². The van der Waals surface area contributed by atoms with Gasteiger partial charge < -0.3 is 4.74 Å². The maximum absolute atomic E-state index is 5.50. The van der Waals surface area contributed by atoms with Gasteiger partial charge in [-0.25, -0.2) is 0 Å². The van der Waals surface area contributed by atoms with Crippen molar-refractivity contribution >= 4 is 40.2 Å². The molecule has 0 saturated heterocycles. The molecule has 0 aromatic heterocycles. The van der Waals surface area contributed by atoms with Crippen LogP contribution in [0.5, 0.6) is 5.75 Å². The minimum Gasteiger partial charge on any atom is -0.497 e. The van der Waals surface area contributed by atoms with Gasteiger partial charge in [-0.3, -0.25) is 0 Å². The third-order valence-corrected chi connectivity index (χ3v) is 9.52.